The molecule has 2 aromatic rings. The Morgan fingerprint density at radius 2 is 2.07 bits per heavy atom. The second-order valence-electron chi connectivity index (χ2n) is 6.75. The molecule has 9 heteroatoms. The van der Waals surface area contributed by atoms with E-state index in [-0.39, 0.29) is 6.54 Å². The number of nitro groups is 1. The fourth-order valence-electron chi connectivity index (χ4n) is 4.07. The van der Waals surface area contributed by atoms with Gasteiger partial charge in [-0.3, -0.25) is 24.7 Å². The van der Waals surface area contributed by atoms with Gasteiger partial charge >= 0.3 is 5.97 Å². The molecular weight excluding hydrogens is 378 g/mol. The summed E-state index contributed by atoms with van der Waals surface area (Å²) in [6, 6.07) is 9.97. The maximum atomic E-state index is 13.1. The Labute approximate surface area is 167 Å². The van der Waals surface area contributed by atoms with Crippen LogP contribution in [0.5, 0.6) is 5.75 Å². The second kappa shape index (κ2) is 8.26. The number of carbonyl (C=O) groups is 2. The number of ether oxygens (including phenoxy) is 2. The van der Waals surface area contributed by atoms with Gasteiger partial charge in [0.1, 0.15) is 5.75 Å². The summed E-state index contributed by atoms with van der Waals surface area (Å²) in [5.74, 6) is -2.59. The zero-order chi connectivity index (χ0) is 21.0. The van der Waals surface area contributed by atoms with Crippen molar-refractivity contribution in [3.8, 4) is 5.75 Å². The van der Waals surface area contributed by atoms with E-state index < -0.39 is 40.6 Å². The third kappa shape index (κ3) is 3.51. The highest BCUT2D eigenvalue weighted by Crippen LogP contribution is 2.51. The van der Waals surface area contributed by atoms with Crippen LogP contribution in [0.1, 0.15) is 23.0 Å². The van der Waals surface area contributed by atoms with E-state index >= 15 is 0 Å². The summed E-state index contributed by atoms with van der Waals surface area (Å²) in [6.45, 7) is -0.477. The Morgan fingerprint density at radius 3 is 2.62 bits per heavy atom. The summed E-state index contributed by atoms with van der Waals surface area (Å²) >= 11 is 0. The number of esters is 1. The molecule has 9 nitrogen and oxygen atoms in total. The van der Waals surface area contributed by atoms with Crippen LogP contribution in [-0.2, 0) is 14.3 Å². The van der Waals surface area contributed by atoms with Gasteiger partial charge in [-0.15, -0.1) is 0 Å². The Bertz CT molecular complexity index is 902. The van der Waals surface area contributed by atoms with Crippen molar-refractivity contribution in [1.29, 1.82) is 0 Å². The van der Waals surface area contributed by atoms with Crippen molar-refractivity contribution in [1.82, 2.24) is 10.3 Å². The lowest BCUT2D eigenvalue weighted by atomic mass is 9.63. The van der Waals surface area contributed by atoms with Gasteiger partial charge in [-0.25, -0.2) is 0 Å². The molecule has 1 aromatic carbocycles. The average molecular weight is 399 g/mol. The molecule has 3 unspecified atom stereocenters. The fraction of sp³-hybridized carbons (Fsp3) is 0.350. The van der Waals surface area contributed by atoms with Crippen molar-refractivity contribution >= 4 is 11.9 Å². The van der Waals surface area contributed by atoms with Crippen molar-refractivity contribution in [3.63, 3.8) is 0 Å². The maximum absolute atomic E-state index is 13.1. The molecule has 1 saturated heterocycles. The molecule has 0 spiro atoms. The molecule has 1 N–H and O–H groups in total. The third-order valence-corrected chi connectivity index (χ3v) is 5.40. The van der Waals surface area contributed by atoms with Crippen LogP contribution in [0.4, 0.5) is 0 Å². The summed E-state index contributed by atoms with van der Waals surface area (Å²) < 4.78 is 10.2. The van der Waals surface area contributed by atoms with E-state index in [2.05, 4.69) is 10.3 Å². The number of benzene rings is 1. The fourth-order valence-corrected chi connectivity index (χ4v) is 4.07. The molecule has 1 aliphatic heterocycles. The van der Waals surface area contributed by atoms with Crippen LogP contribution in [0.25, 0.3) is 0 Å². The summed E-state index contributed by atoms with van der Waals surface area (Å²) in [4.78, 5) is 41.3. The van der Waals surface area contributed by atoms with Gasteiger partial charge in [0.25, 0.3) is 0 Å². The predicted octanol–water partition coefficient (Wildman–Crippen LogP) is 1.52. The van der Waals surface area contributed by atoms with Crippen LogP contribution < -0.4 is 10.1 Å². The quantitative estimate of drug-likeness (QED) is 0.324. The minimum atomic E-state index is -1.81. The van der Waals surface area contributed by atoms with Gasteiger partial charge < -0.3 is 14.8 Å². The first-order chi connectivity index (χ1) is 13.9. The zero-order valence-electron chi connectivity index (χ0n) is 16.0. The van der Waals surface area contributed by atoms with Crippen molar-refractivity contribution in [2.75, 3.05) is 27.3 Å². The monoisotopic (exact) mass is 399 g/mol. The zero-order valence-corrected chi connectivity index (χ0v) is 16.0. The molecule has 29 heavy (non-hydrogen) atoms. The summed E-state index contributed by atoms with van der Waals surface area (Å²) in [6.07, 6.45) is 3.13. The van der Waals surface area contributed by atoms with Crippen LogP contribution in [-0.4, -0.2) is 49.1 Å². The SMILES string of the molecule is COC(=O)C1(C(C[N+](=O)[O-])c2ccc(OC)cc2)C(=O)NCC1c1cccnc1. The molecule has 152 valence electrons. The normalized spacial score (nSPS) is 21.9. The Balaban J connectivity index is 2.22. The Morgan fingerprint density at radius 1 is 1.34 bits per heavy atom. The van der Waals surface area contributed by atoms with Gasteiger partial charge in [0, 0.05) is 29.8 Å². The molecule has 0 radical (unpaired) electrons. The number of methoxy groups -OCH3 is 2. The number of pyridine rings is 1. The minimum absolute atomic E-state index is 0.143. The van der Waals surface area contributed by atoms with Gasteiger partial charge in [0.15, 0.2) is 5.41 Å². The van der Waals surface area contributed by atoms with E-state index in [1.54, 1.807) is 48.8 Å². The Kier molecular flexibility index (Phi) is 5.76. The molecule has 1 aliphatic rings. The number of hydrogen-bond donors (Lipinski definition) is 1. The van der Waals surface area contributed by atoms with Crippen LogP contribution in [0.3, 0.4) is 0 Å². The number of rotatable bonds is 7. The van der Waals surface area contributed by atoms with Crippen molar-refractivity contribution in [2.24, 2.45) is 5.41 Å². The van der Waals surface area contributed by atoms with E-state index in [1.165, 1.54) is 14.2 Å². The van der Waals surface area contributed by atoms with Crippen molar-refractivity contribution in [3.05, 3.63) is 70.0 Å². The topological polar surface area (TPSA) is 121 Å². The van der Waals surface area contributed by atoms with Gasteiger partial charge in [0.05, 0.1) is 20.1 Å². The molecule has 1 aromatic heterocycles. The van der Waals surface area contributed by atoms with Crippen molar-refractivity contribution < 1.29 is 24.0 Å². The molecule has 1 fully saturated rings. The lowest BCUT2D eigenvalue weighted by Crippen LogP contribution is -2.49. The number of aromatic nitrogens is 1. The van der Waals surface area contributed by atoms with E-state index in [9.17, 15) is 19.7 Å². The maximum Gasteiger partial charge on any atom is 0.322 e. The van der Waals surface area contributed by atoms with E-state index in [0.717, 1.165) is 0 Å². The van der Waals surface area contributed by atoms with Crippen LogP contribution >= 0.6 is 0 Å². The molecule has 1 amide bonds. The number of hydrogen-bond acceptors (Lipinski definition) is 7. The molecule has 0 aliphatic carbocycles. The summed E-state index contributed by atoms with van der Waals surface area (Å²) in [5.41, 5.74) is -0.712. The number of nitrogens with one attached hydrogen (secondary N) is 1. The molecule has 0 saturated carbocycles. The first-order valence-electron chi connectivity index (χ1n) is 8.97. The third-order valence-electron chi connectivity index (χ3n) is 5.40. The molecule has 3 atom stereocenters. The predicted molar refractivity (Wildman–Crippen MR) is 102 cm³/mol. The average Bonchev–Trinajstić information content (AvgIpc) is 3.09. The highest BCUT2D eigenvalue weighted by atomic mass is 16.6. The lowest BCUT2D eigenvalue weighted by Gasteiger charge is -2.35. The van der Waals surface area contributed by atoms with Gasteiger partial charge in [-0.1, -0.05) is 18.2 Å². The first-order valence-corrected chi connectivity index (χ1v) is 8.97. The highest BCUT2D eigenvalue weighted by Gasteiger charge is 2.64. The molecule has 2 heterocycles. The minimum Gasteiger partial charge on any atom is -0.497 e. The summed E-state index contributed by atoms with van der Waals surface area (Å²) in [7, 11) is 2.68. The van der Waals surface area contributed by atoms with E-state index in [1.807, 2.05) is 0 Å². The van der Waals surface area contributed by atoms with E-state index in [0.29, 0.717) is 16.9 Å². The first kappa shape index (κ1) is 20.2. The molecule has 3 rings (SSSR count). The molecule has 0 bridgehead atoms. The van der Waals surface area contributed by atoms with Crippen LogP contribution in [0, 0.1) is 15.5 Å². The van der Waals surface area contributed by atoms with Crippen molar-refractivity contribution in [2.45, 2.75) is 11.8 Å². The van der Waals surface area contributed by atoms with Crippen LogP contribution in [0.15, 0.2) is 48.8 Å². The highest BCUT2D eigenvalue weighted by molar-refractivity contribution is 6.06. The standard InChI is InChI=1S/C20H21N3O6/c1-28-15-7-5-13(6-8-15)17(12-23(26)27)20(19(25)29-2)16(11-22-18(20)24)14-4-3-9-21-10-14/h3-10,16-17H,11-12H2,1-2H3,(H,22,24). The molecular formula is C20H21N3O6. The van der Waals surface area contributed by atoms with Gasteiger partial charge in [0.2, 0.25) is 12.5 Å². The largest absolute Gasteiger partial charge is 0.497 e. The number of amides is 1. The van der Waals surface area contributed by atoms with Gasteiger partial charge in [-0.2, -0.15) is 0 Å². The Hall–Kier alpha value is -3.49. The number of carbonyl (C=O) groups excluding carboxylic acids is 2. The van der Waals surface area contributed by atoms with E-state index in [4.69, 9.17) is 9.47 Å². The van der Waals surface area contributed by atoms with Gasteiger partial charge in [-0.05, 0) is 29.3 Å². The summed E-state index contributed by atoms with van der Waals surface area (Å²) in [5, 5.41) is 14.3. The van der Waals surface area contributed by atoms with Crippen LogP contribution in [0.2, 0.25) is 0 Å². The number of nitrogens with zero attached hydrogens (tertiary/aromatic N) is 2. The second-order valence-corrected chi connectivity index (χ2v) is 6.75. The lowest BCUT2D eigenvalue weighted by molar-refractivity contribution is -0.485. The smallest absolute Gasteiger partial charge is 0.322 e.